The van der Waals surface area contributed by atoms with E-state index in [0.29, 0.717) is 50.6 Å². The standard InChI is InChI=1S/3C17H17N3O2S.CH4.B/c3*1-3-13(21)14-9-12(10-23-14)17(11-7-5-4-6-8-11)15(22)20(2)16(18)19-17;;/h3*4-10H,3H2,1-2H3,(H2,18,19);1H4;/t2*17-;;;/m10.../s1. The van der Waals surface area contributed by atoms with Gasteiger partial charge in [-0.15, -0.1) is 34.0 Å². The number of hydrogen-bond acceptors (Lipinski definition) is 15. The summed E-state index contributed by atoms with van der Waals surface area (Å²) in [6, 6.07) is 33.2. The maximum atomic E-state index is 12.9. The predicted molar refractivity (Wildman–Crippen MR) is 284 cm³/mol. The molecule has 19 heteroatoms. The van der Waals surface area contributed by atoms with E-state index in [4.69, 9.17) is 17.2 Å². The van der Waals surface area contributed by atoms with Crippen molar-refractivity contribution >= 4 is 95.4 Å². The lowest BCUT2D eigenvalue weighted by atomic mass is 9.84. The fourth-order valence-corrected chi connectivity index (χ4v) is 11.0. The second-order valence-corrected chi connectivity index (χ2v) is 18.9. The minimum Gasteiger partial charge on any atom is -0.369 e. The molecule has 0 spiro atoms. The third kappa shape index (κ3) is 9.64. The third-order valence-electron chi connectivity index (χ3n) is 12.1. The minimum absolute atomic E-state index is 0. The van der Waals surface area contributed by atoms with E-state index in [0.717, 1.165) is 16.7 Å². The van der Waals surface area contributed by atoms with E-state index in [2.05, 4.69) is 15.0 Å². The fourth-order valence-electron chi connectivity index (χ4n) is 8.13. The Bertz CT molecular complexity index is 2720. The van der Waals surface area contributed by atoms with Gasteiger partial charge in [0.2, 0.25) is 0 Å². The molecule has 3 amide bonds. The monoisotopic (exact) mass is 1010 g/mol. The Labute approximate surface area is 427 Å². The SMILES string of the molecule is C.CCC(=O)c1cc(C2(c3ccccc3)N=C(N)N(C)C2=O)cs1.CCC(=O)c1cc([C@@]2(c3ccccc3)N=C(N)N(C)C2=O)cs1.CCC(=O)c1cc([C@]2(c3ccccc3)N=C(N)N(C)C2=O)cs1.[B]. The minimum atomic E-state index is -1.21. The zero-order chi connectivity index (χ0) is 49.8. The molecule has 365 valence electrons. The summed E-state index contributed by atoms with van der Waals surface area (Å²) in [5.74, 6) is 0.0504. The summed E-state index contributed by atoms with van der Waals surface area (Å²) in [5, 5.41) is 5.47. The average molecular weight is 1010 g/mol. The highest BCUT2D eigenvalue weighted by molar-refractivity contribution is 7.13. The quantitative estimate of drug-likeness (QED) is 0.0820. The summed E-state index contributed by atoms with van der Waals surface area (Å²) in [7, 11) is 4.82. The first kappa shape index (κ1) is 54.6. The molecule has 3 aromatic heterocycles. The molecule has 3 radical (unpaired) electrons. The number of amides is 3. The third-order valence-corrected chi connectivity index (χ3v) is 15.0. The van der Waals surface area contributed by atoms with Gasteiger partial charge < -0.3 is 17.2 Å². The van der Waals surface area contributed by atoms with Crippen LogP contribution in [0.3, 0.4) is 0 Å². The van der Waals surface area contributed by atoms with Crippen LogP contribution in [0.2, 0.25) is 0 Å². The smallest absolute Gasteiger partial charge is 0.266 e. The fraction of sp³-hybridized carbons (Fsp3) is 0.250. The van der Waals surface area contributed by atoms with Gasteiger partial charge in [-0.3, -0.25) is 43.5 Å². The van der Waals surface area contributed by atoms with Crippen LogP contribution in [0.25, 0.3) is 0 Å². The number of aliphatic imine (C=N–C) groups is 3. The first-order valence-electron chi connectivity index (χ1n) is 21.9. The molecule has 3 atom stereocenters. The molecule has 0 bridgehead atoms. The lowest BCUT2D eigenvalue weighted by Crippen LogP contribution is -2.40. The van der Waals surface area contributed by atoms with Crippen molar-refractivity contribution in [2.75, 3.05) is 21.1 Å². The molecular weight excluding hydrogens is 954 g/mol. The van der Waals surface area contributed by atoms with Gasteiger partial charge in [-0.2, -0.15) is 0 Å². The summed E-state index contributed by atoms with van der Waals surface area (Å²) in [6.07, 6.45) is 1.28. The molecular formula is C52H55BN9O6S3. The van der Waals surface area contributed by atoms with Crippen molar-refractivity contribution in [3.63, 3.8) is 0 Å². The molecule has 0 saturated carbocycles. The van der Waals surface area contributed by atoms with E-state index in [-0.39, 0.29) is 68.8 Å². The Morgan fingerprint density at radius 1 is 0.451 bits per heavy atom. The number of rotatable bonds is 12. The lowest BCUT2D eigenvalue weighted by molar-refractivity contribution is -0.130. The number of benzene rings is 3. The van der Waals surface area contributed by atoms with E-state index in [1.165, 1.54) is 48.7 Å². The van der Waals surface area contributed by atoms with Crippen molar-refractivity contribution in [1.82, 2.24) is 14.7 Å². The van der Waals surface area contributed by atoms with Gasteiger partial charge in [-0.05, 0) is 51.0 Å². The van der Waals surface area contributed by atoms with Crippen molar-refractivity contribution in [2.45, 2.75) is 64.1 Å². The Kier molecular flexibility index (Phi) is 17.0. The Morgan fingerprint density at radius 3 is 0.859 bits per heavy atom. The topological polar surface area (TPSA) is 227 Å². The van der Waals surface area contributed by atoms with Gasteiger partial charge >= 0.3 is 0 Å². The number of carbonyl (C=O) groups is 6. The van der Waals surface area contributed by atoms with E-state index in [1.807, 2.05) is 128 Å². The number of likely N-dealkylation sites (N-methyl/N-ethyl adjacent to an activating group) is 3. The first-order valence-corrected chi connectivity index (χ1v) is 24.6. The summed E-state index contributed by atoms with van der Waals surface area (Å²) >= 11 is 4.01. The van der Waals surface area contributed by atoms with Crippen LogP contribution in [0, 0.1) is 0 Å². The summed E-state index contributed by atoms with van der Waals surface area (Å²) in [5.41, 5.74) is 18.4. The molecule has 15 nitrogen and oxygen atoms in total. The molecule has 0 saturated heterocycles. The molecule has 3 aromatic carbocycles. The zero-order valence-electron chi connectivity index (χ0n) is 39.4. The predicted octanol–water partition coefficient (Wildman–Crippen LogP) is 7.37. The molecule has 6 heterocycles. The van der Waals surface area contributed by atoms with Crippen molar-refractivity contribution in [3.05, 3.63) is 173 Å². The van der Waals surface area contributed by atoms with Crippen molar-refractivity contribution in [1.29, 1.82) is 0 Å². The molecule has 0 fully saturated rings. The van der Waals surface area contributed by atoms with Gasteiger partial charge in [0.05, 0.1) is 14.6 Å². The van der Waals surface area contributed by atoms with Crippen molar-refractivity contribution in [3.8, 4) is 0 Å². The molecule has 1 unspecified atom stereocenters. The lowest BCUT2D eigenvalue weighted by Gasteiger charge is -2.24. The molecule has 0 aliphatic carbocycles. The summed E-state index contributed by atoms with van der Waals surface area (Å²) in [4.78, 5) is 94.1. The number of guanidine groups is 3. The highest BCUT2D eigenvalue weighted by Gasteiger charge is 2.52. The average Bonchev–Trinajstić information content (AvgIpc) is 4.27. The number of Topliss-reactive ketones (excluding diaryl/α,β-unsaturated/α-hetero) is 3. The highest BCUT2D eigenvalue weighted by atomic mass is 32.1. The van der Waals surface area contributed by atoms with Crippen molar-refractivity contribution < 1.29 is 28.8 Å². The Hall–Kier alpha value is -7.35. The van der Waals surface area contributed by atoms with Crippen LogP contribution in [0.1, 0.15) is 110 Å². The van der Waals surface area contributed by atoms with Gasteiger partial charge in [-0.1, -0.05) is 119 Å². The second kappa shape index (κ2) is 22.2. The molecule has 71 heavy (non-hydrogen) atoms. The van der Waals surface area contributed by atoms with Gasteiger partial charge in [0.15, 0.2) is 51.8 Å². The van der Waals surface area contributed by atoms with E-state index < -0.39 is 16.6 Å². The van der Waals surface area contributed by atoms with E-state index in [1.54, 1.807) is 39.3 Å². The number of nitrogens with zero attached hydrogens (tertiary/aromatic N) is 6. The van der Waals surface area contributed by atoms with Crippen LogP contribution in [0.5, 0.6) is 0 Å². The number of nitrogens with two attached hydrogens (primary N) is 3. The second-order valence-electron chi connectivity index (χ2n) is 16.2. The largest absolute Gasteiger partial charge is 0.369 e. The summed E-state index contributed by atoms with van der Waals surface area (Å²) < 4.78 is 0. The Balaban J connectivity index is 0.000000195. The highest BCUT2D eigenvalue weighted by Crippen LogP contribution is 2.44. The van der Waals surface area contributed by atoms with Crippen LogP contribution in [0.15, 0.2) is 140 Å². The van der Waals surface area contributed by atoms with Crippen LogP contribution >= 0.6 is 34.0 Å². The number of thiophene rings is 3. The van der Waals surface area contributed by atoms with Gasteiger partial charge in [0, 0.05) is 65.5 Å². The van der Waals surface area contributed by atoms with Crippen LogP contribution in [-0.4, -0.2) is 97.2 Å². The van der Waals surface area contributed by atoms with Crippen molar-refractivity contribution in [2.24, 2.45) is 32.2 Å². The molecule has 6 aromatic rings. The first-order chi connectivity index (χ1) is 33.0. The van der Waals surface area contributed by atoms with Gasteiger partial charge in [-0.25, -0.2) is 15.0 Å². The molecule has 3 aliphatic heterocycles. The molecule has 3 aliphatic rings. The van der Waals surface area contributed by atoms with Gasteiger partial charge in [0.25, 0.3) is 17.7 Å². The van der Waals surface area contributed by atoms with Crippen LogP contribution < -0.4 is 17.2 Å². The van der Waals surface area contributed by atoms with Crippen LogP contribution in [0.4, 0.5) is 0 Å². The Morgan fingerprint density at radius 2 is 0.676 bits per heavy atom. The van der Waals surface area contributed by atoms with E-state index >= 15 is 0 Å². The normalized spacial score (nSPS) is 20.1. The maximum absolute atomic E-state index is 12.9. The number of ketones is 3. The molecule has 9 rings (SSSR count). The molecule has 6 N–H and O–H groups in total. The van der Waals surface area contributed by atoms with Gasteiger partial charge in [0.1, 0.15) is 0 Å². The van der Waals surface area contributed by atoms with E-state index in [9.17, 15) is 28.8 Å². The zero-order valence-corrected chi connectivity index (χ0v) is 41.9. The maximum Gasteiger partial charge on any atom is 0.266 e. The van der Waals surface area contributed by atoms with Crippen LogP contribution in [-0.2, 0) is 31.0 Å². The number of hydrogen-bond donors (Lipinski definition) is 3. The number of carbonyl (C=O) groups excluding carboxylic acids is 6. The summed E-state index contributed by atoms with van der Waals surface area (Å²) in [6.45, 7) is 5.46.